The molecule has 3 aromatic rings. The standard InChI is InChI=1S/C20H20N4O2/c1-21-20(26)17-10-14-6-2-3-7-15(14)12-23(17)13-16-11-19(25)24-9-5-4-8-18(24)22-16/h2-9,11,17H,10,12-13H2,1H3,(H,21,26)/t17-/m0/s1. The largest absolute Gasteiger partial charge is 0.358 e. The van der Waals surface area contributed by atoms with Crippen LogP contribution in [0.2, 0.25) is 0 Å². The second-order valence-corrected chi connectivity index (χ2v) is 6.52. The number of carbonyl (C=O) groups is 1. The first kappa shape index (κ1) is 16.5. The molecule has 6 nitrogen and oxygen atoms in total. The fourth-order valence-electron chi connectivity index (χ4n) is 3.56. The van der Waals surface area contributed by atoms with Crippen LogP contribution in [-0.2, 0) is 24.3 Å². The number of hydrogen-bond donors (Lipinski definition) is 1. The van der Waals surface area contributed by atoms with E-state index in [0.29, 0.717) is 30.9 Å². The van der Waals surface area contributed by atoms with Crippen LogP contribution in [0.1, 0.15) is 16.8 Å². The molecule has 6 heteroatoms. The van der Waals surface area contributed by atoms with E-state index in [2.05, 4.69) is 27.3 Å². The van der Waals surface area contributed by atoms with Gasteiger partial charge in [-0.1, -0.05) is 30.3 Å². The molecule has 26 heavy (non-hydrogen) atoms. The Kier molecular flexibility index (Phi) is 4.26. The van der Waals surface area contributed by atoms with Gasteiger partial charge in [0, 0.05) is 32.4 Å². The fraction of sp³-hybridized carbons (Fsp3) is 0.250. The van der Waals surface area contributed by atoms with Gasteiger partial charge in [-0.05, 0) is 29.7 Å². The number of pyridine rings is 1. The number of fused-ring (bicyclic) bond motifs is 2. The quantitative estimate of drug-likeness (QED) is 0.776. The topological polar surface area (TPSA) is 66.7 Å². The fourth-order valence-corrected chi connectivity index (χ4v) is 3.56. The Morgan fingerprint density at radius 1 is 1.19 bits per heavy atom. The summed E-state index contributed by atoms with van der Waals surface area (Å²) < 4.78 is 1.52. The average Bonchev–Trinajstić information content (AvgIpc) is 2.67. The minimum absolute atomic E-state index is 0.0167. The maximum Gasteiger partial charge on any atom is 0.258 e. The van der Waals surface area contributed by atoms with Crippen LogP contribution in [0.15, 0.2) is 59.5 Å². The van der Waals surface area contributed by atoms with E-state index in [1.807, 2.05) is 24.3 Å². The van der Waals surface area contributed by atoms with Gasteiger partial charge in [-0.25, -0.2) is 4.98 Å². The van der Waals surface area contributed by atoms with Crippen LogP contribution in [0.3, 0.4) is 0 Å². The Hall–Kier alpha value is -2.99. The van der Waals surface area contributed by atoms with Crippen LogP contribution in [-0.4, -0.2) is 33.3 Å². The van der Waals surface area contributed by atoms with Gasteiger partial charge < -0.3 is 5.32 Å². The molecule has 1 atom stereocenters. The minimum Gasteiger partial charge on any atom is -0.358 e. The van der Waals surface area contributed by atoms with E-state index >= 15 is 0 Å². The van der Waals surface area contributed by atoms with Crippen molar-refractivity contribution in [1.29, 1.82) is 0 Å². The lowest BCUT2D eigenvalue weighted by atomic mass is 9.93. The van der Waals surface area contributed by atoms with Gasteiger partial charge in [0.1, 0.15) is 5.65 Å². The SMILES string of the molecule is CNC(=O)[C@@H]1Cc2ccccc2CN1Cc1cc(=O)n2ccccc2n1. The van der Waals surface area contributed by atoms with Gasteiger partial charge in [-0.2, -0.15) is 0 Å². The summed E-state index contributed by atoms with van der Waals surface area (Å²) >= 11 is 0. The van der Waals surface area contributed by atoms with Crippen molar-refractivity contribution in [3.8, 4) is 0 Å². The molecule has 0 radical (unpaired) electrons. The average molecular weight is 348 g/mol. The van der Waals surface area contributed by atoms with Crippen molar-refractivity contribution >= 4 is 11.6 Å². The highest BCUT2D eigenvalue weighted by Gasteiger charge is 2.31. The monoisotopic (exact) mass is 348 g/mol. The molecule has 1 aromatic carbocycles. The number of nitrogens with one attached hydrogen (secondary N) is 1. The number of likely N-dealkylation sites (N-methyl/N-ethyl adjacent to an activating group) is 1. The van der Waals surface area contributed by atoms with E-state index in [4.69, 9.17) is 0 Å². The third kappa shape index (κ3) is 2.99. The number of aromatic nitrogens is 2. The molecule has 0 saturated heterocycles. The van der Waals surface area contributed by atoms with Crippen LogP contribution in [0, 0.1) is 0 Å². The highest BCUT2D eigenvalue weighted by atomic mass is 16.2. The van der Waals surface area contributed by atoms with Gasteiger partial charge in [-0.15, -0.1) is 0 Å². The Labute approximate surface area is 151 Å². The molecule has 1 aliphatic heterocycles. The van der Waals surface area contributed by atoms with Crippen LogP contribution < -0.4 is 10.9 Å². The van der Waals surface area contributed by atoms with Crippen molar-refractivity contribution in [3.63, 3.8) is 0 Å². The van der Waals surface area contributed by atoms with Gasteiger partial charge in [0.2, 0.25) is 5.91 Å². The summed E-state index contributed by atoms with van der Waals surface area (Å²) in [5.74, 6) is -0.0167. The number of rotatable bonds is 3. The highest BCUT2D eigenvalue weighted by Crippen LogP contribution is 2.24. The third-order valence-electron chi connectivity index (χ3n) is 4.88. The summed E-state index contributed by atoms with van der Waals surface area (Å²) in [7, 11) is 1.65. The molecule has 0 bridgehead atoms. The van der Waals surface area contributed by atoms with Gasteiger partial charge in [0.05, 0.1) is 11.7 Å². The van der Waals surface area contributed by atoms with E-state index in [-0.39, 0.29) is 17.5 Å². The van der Waals surface area contributed by atoms with Crippen molar-refractivity contribution in [2.75, 3.05) is 7.05 Å². The van der Waals surface area contributed by atoms with Crippen molar-refractivity contribution in [2.24, 2.45) is 0 Å². The second-order valence-electron chi connectivity index (χ2n) is 6.52. The molecular weight excluding hydrogens is 328 g/mol. The van der Waals surface area contributed by atoms with E-state index < -0.39 is 0 Å². The van der Waals surface area contributed by atoms with Crippen LogP contribution in [0.25, 0.3) is 5.65 Å². The van der Waals surface area contributed by atoms with E-state index in [1.165, 1.54) is 15.5 Å². The summed E-state index contributed by atoms with van der Waals surface area (Å²) in [6.07, 6.45) is 2.36. The lowest BCUT2D eigenvalue weighted by Crippen LogP contribution is -2.49. The predicted molar refractivity (Wildman–Crippen MR) is 98.7 cm³/mol. The van der Waals surface area contributed by atoms with Crippen LogP contribution in [0.5, 0.6) is 0 Å². The first-order valence-electron chi connectivity index (χ1n) is 8.65. The molecular formula is C20H20N4O2. The number of nitrogens with zero attached hydrogens (tertiary/aromatic N) is 3. The van der Waals surface area contributed by atoms with Crippen molar-refractivity contribution in [2.45, 2.75) is 25.6 Å². The zero-order valence-corrected chi connectivity index (χ0v) is 14.6. The van der Waals surface area contributed by atoms with Crippen molar-refractivity contribution in [3.05, 3.63) is 81.9 Å². The number of carbonyl (C=O) groups excluding carboxylic acids is 1. The molecule has 3 heterocycles. The van der Waals surface area contributed by atoms with Crippen LogP contribution in [0.4, 0.5) is 0 Å². The van der Waals surface area contributed by atoms with Gasteiger partial charge in [0.25, 0.3) is 5.56 Å². The normalized spacial score (nSPS) is 17.0. The zero-order valence-electron chi connectivity index (χ0n) is 14.6. The summed E-state index contributed by atoms with van der Waals surface area (Å²) in [6.45, 7) is 1.11. The maximum absolute atomic E-state index is 12.4. The molecule has 1 N–H and O–H groups in total. The summed E-state index contributed by atoms with van der Waals surface area (Å²) in [6, 6.07) is 14.9. The lowest BCUT2D eigenvalue weighted by molar-refractivity contribution is -0.126. The van der Waals surface area contributed by atoms with Crippen molar-refractivity contribution < 1.29 is 4.79 Å². The molecule has 0 fully saturated rings. The smallest absolute Gasteiger partial charge is 0.258 e. The number of amides is 1. The van der Waals surface area contributed by atoms with E-state index in [9.17, 15) is 9.59 Å². The Balaban J connectivity index is 1.69. The first-order valence-corrected chi connectivity index (χ1v) is 8.65. The summed E-state index contributed by atoms with van der Waals surface area (Å²) in [5, 5.41) is 2.76. The Morgan fingerprint density at radius 2 is 1.96 bits per heavy atom. The molecule has 4 rings (SSSR count). The van der Waals surface area contributed by atoms with Gasteiger partial charge in [0.15, 0.2) is 0 Å². The second kappa shape index (κ2) is 6.72. The summed E-state index contributed by atoms with van der Waals surface area (Å²) in [5.41, 5.74) is 3.59. The maximum atomic E-state index is 12.4. The molecule has 1 amide bonds. The molecule has 0 spiro atoms. The third-order valence-corrected chi connectivity index (χ3v) is 4.88. The zero-order chi connectivity index (χ0) is 18.1. The number of hydrogen-bond acceptors (Lipinski definition) is 4. The minimum atomic E-state index is -0.272. The highest BCUT2D eigenvalue weighted by molar-refractivity contribution is 5.82. The molecule has 0 saturated carbocycles. The molecule has 0 aliphatic carbocycles. The lowest BCUT2D eigenvalue weighted by Gasteiger charge is -2.35. The predicted octanol–water partition coefficient (Wildman–Crippen LogP) is 1.37. The first-order chi connectivity index (χ1) is 12.7. The van der Waals surface area contributed by atoms with Crippen molar-refractivity contribution in [1.82, 2.24) is 19.6 Å². The molecule has 132 valence electrons. The Bertz CT molecular complexity index is 1030. The van der Waals surface area contributed by atoms with E-state index in [1.54, 1.807) is 25.4 Å². The number of benzene rings is 1. The Morgan fingerprint density at radius 3 is 2.77 bits per heavy atom. The summed E-state index contributed by atoms with van der Waals surface area (Å²) in [4.78, 5) is 31.4. The molecule has 1 aliphatic rings. The molecule has 0 unspecified atom stereocenters. The van der Waals surface area contributed by atoms with Gasteiger partial charge in [-0.3, -0.25) is 18.9 Å². The molecule has 2 aromatic heterocycles. The van der Waals surface area contributed by atoms with Crippen LogP contribution >= 0.6 is 0 Å². The van der Waals surface area contributed by atoms with E-state index in [0.717, 1.165) is 0 Å². The van der Waals surface area contributed by atoms with Gasteiger partial charge >= 0.3 is 0 Å².